The van der Waals surface area contributed by atoms with E-state index in [0.29, 0.717) is 31.5 Å². The van der Waals surface area contributed by atoms with Gasteiger partial charge in [-0.1, -0.05) is 90.3 Å². The second kappa shape index (κ2) is 24.7. The highest BCUT2D eigenvalue weighted by Gasteiger charge is 2.29. The van der Waals surface area contributed by atoms with Crippen molar-refractivity contribution in [1.82, 2.24) is 20.4 Å². The molecule has 14 nitrogen and oxygen atoms in total. The highest BCUT2D eigenvalue weighted by molar-refractivity contribution is 9.26. The number of hydrogen-bond donors (Lipinski definition) is 6. The molecule has 356 valence electrons. The van der Waals surface area contributed by atoms with Crippen molar-refractivity contribution < 1.29 is 37.6 Å². The van der Waals surface area contributed by atoms with Crippen molar-refractivity contribution in [3.05, 3.63) is 126 Å². The van der Waals surface area contributed by atoms with Crippen LogP contribution in [0.25, 0.3) is 0 Å². The van der Waals surface area contributed by atoms with Gasteiger partial charge >= 0.3 is 27.3 Å². The minimum atomic E-state index is -4.29. The molecule has 4 amide bonds. The largest absolute Gasteiger partial charge is 0.349 e. The Morgan fingerprint density at radius 2 is 1.05 bits per heavy atom. The Kier molecular flexibility index (Phi) is 20.9. The van der Waals surface area contributed by atoms with Gasteiger partial charge in [-0.25, -0.2) is 9.59 Å². The summed E-state index contributed by atoms with van der Waals surface area (Å²) in [6.07, 6.45) is -0.922. The molecule has 22 heteroatoms. The van der Waals surface area contributed by atoms with Gasteiger partial charge in [-0.2, -0.15) is 0 Å². The molecular formula is C43H57BrCl4N6O8P2Si. The van der Waals surface area contributed by atoms with Crippen molar-refractivity contribution in [2.75, 3.05) is 63.6 Å². The Morgan fingerprint density at radius 3 is 1.38 bits per heavy atom. The molecule has 2 aliphatic rings. The van der Waals surface area contributed by atoms with Crippen molar-refractivity contribution in [1.29, 1.82) is 0 Å². The lowest BCUT2D eigenvalue weighted by Crippen LogP contribution is -2.31. The molecule has 6 N–H and O–H groups in total. The van der Waals surface area contributed by atoms with Crippen molar-refractivity contribution in [3.63, 3.8) is 0 Å². The SMILES string of the molecule is CCOP(=O)(CNC(=O)Nc1ccc(C2CN(C)Cc3c(Cl)cc(Cl)cc32)cc1)OCC.CN1Cc2c(Cl)cc(Cl)cc2C(c2ccc(NC(=O)NCP(=O)(O)O)cc2)C1.C[Si](C)(C)Br. The molecule has 0 spiro atoms. The summed E-state index contributed by atoms with van der Waals surface area (Å²) in [5.41, 5.74) is 7.64. The summed E-state index contributed by atoms with van der Waals surface area (Å²) in [7, 11) is -3.55. The van der Waals surface area contributed by atoms with Crippen LogP contribution in [-0.2, 0) is 31.3 Å². The van der Waals surface area contributed by atoms with E-state index in [1.807, 2.05) is 55.6 Å². The van der Waals surface area contributed by atoms with Crippen molar-refractivity contribution in [2.24, 2.45) is 0 Å². The summed E-state index contributed by atoms with van der Waals surface area (Å²) in [5, 5.41) is 12.5. The number of urea groups is 2. The Hall–Kier alpha value is -2.50. The monoisotopic (exact) mass is 1090 g/mol. The zero-order valence-corrected chi connectivity index (χ0v) is 44.7. The summed E-state index contributed by atoms with van der Waals surface area (Å²) < 4.78 is 33.6. The molecule has 0 radical (unpaired) electrons. The number of carbonyl (C=O) groups is 2. The van der Waals surface area contributed by atoms with E-state index < -0.39 is 40.2 Å². The number of anilines is 2. The topological polar surface area (TPSA) is 182 Å². The molecule has 0 aromatic heterocycles. The second-order valence-electron chi connectivity index (χ2n) is 16.4. The Bertz CT molecular complexity index is 2350. The predicted molar refractivity (Wildman–Crippen MR) is 271 cm³/mol. The third-order valence-electron chi connectivity index (χ3n) is 9.66. The van der Waals surface area contributed by atoms with Crippen LogP contribution in [0.2, 0.25) is 39.7 Å². The maximum Gasteiger partial charge on any atom is 0.349 e. The van der Waals surface area contributed by atoms with E-state index in [2.05, 4.69) is 73.0 Å². The summed E-state index contributed by atoms with van der Waals surface area (Å²) in [5.74, 6) is 0.202. The Balaban J connectivity index is 0.000000259. The van der Waals surface area contributed by atoms with Crippen LogP contribution in [0.4, 0.5) is 21.0 Å². The molecule has 2 atom stereocenters. The van der Waals surface area contributed by atoms with Crippen molar-refractivity contribution in [2.45, 2.75) is 58.4 Å². The number of rotatable bonds is 12. The van der Waals surface area contributed by atoms with Crippen LogP contribution in [-0.4, -0.2) is 91.3 Å². The average Bonchev–Trinajstić information content (AvgIpc) is 3.20. The lowest BCUT2D eigenvalue weighted by molar-refractivity contribution is 0.216. The number of hydrogen-bond acceptors (Lipinski definition) is 8. The molecule has 0 aliphatic carbocycles. The molecule has 4 aromatic carbocycles. The minimum Gasteiger partial charge on any atom is -0.326 e. The number of halogens is 5. The van der Waals surface area contributed by atoms with Crippen LogP contribution in [0.1, 0.15) is 59.1 Å². The maximum atomic E-state index is 12.5. The number of amides is 4. The first-order valence-electron chi connectivity index (χ1n) is 20.6. The van der Waals surface area contributed by atoms with E-state index in [4.69, 9.17) is 65.2 Å². The molecular weight excluding hydrogens is 1040 g/mol. The zero-order chi connectivity index (χ0) is 48.3. The summed E-state index contributed by atoms with van der Waals surface area (Å²) in [4.78, 5) is 46.0. The molecule has 0 bridgehead atoms. The van der Waals surface area contributed by atoms with Gasteiger partial charge in [0.1, 0.15) is 19.3 Å². The van der Waals surface area contributed by atoms with E-state index in [-0.39, 0.29) is 31.3 Å². The minimum absolute atomic E-state index is 0.0856. The van der Waals surface area contributed by atoms with Gasteiger partial charge in [-0.3, -0.25) is 9.13 Å². The van der Waals surface area contributed by atoms with Crippen LogP contribution in [0, 0.1) is 0 Å². The fourth-order valence-corrected chi connectivity index (χ4v) is 9.94. The fraction of sp³-hybridized carbons (Fsp3) is 0.395. The van der Waals surface area contributed by atoms with Gasteiger partial charge in [-0.15, -0.1) is 15.3 Å². The van der Waals surface area contributed by atoms with E-state index in [1.54, 1.807) is 38.1 Å². The third-order valence-corrected chi connectivity index (χ3v) is 13.2. The van der Waals surface area contributed by atoms with Crippen molar-refractivity contribution in [3.8, 4) is 0 Å². The van der Waals surface area contributed by atoms with Crippen LogP contribution < -0.4 is 21.3 Å². The summed E-state index contributed by atoms with van der Waals surface area (Å²) in [6, 6.07) is 21.2. The van der Waals surface area contributed by atoms with Crippen molar-refractivity contribution >= 4 is 107 Å². The van der Waals surface area contributed by atoms with Gasteiger partial charge in [0.15, 0.2) is 0 Å². The normalized spacial score (nSPS) is 16.4. The summed E-state index contributed by atoms with van der Waals surface area (Å²) >= 11 is 28.8. The molecule has 65 heavy (non-hydrogen) atoms. The fourth-order valence-electron chi connectivity index (χ4n) is 7.07. The molecule has 0 fully saturated rings. The number of nitrogens with zero attached hydrogens (tertiary/aromatic N) is 2. The first-order valence-corrected chi connectivity index (χ1v) is 31.4. The van der Waals surface area contributed by atoms with Gasteiger partial charge in [0.2, 0.25) is 0 Å². The van der Waals surface area contributed by atoms with Crippen LogP contribution >= 0.6 is 76.9 Å². The molecule has 0 saturated carbocycles. The molecule has 0 saturated heterocycles. The molecule has 2 unspecified atom stereocenters. The number of nitrogens with one attached hydrogen (secondary N) is 4. The maximum absolute atomic E-state index is 12.5. The molecule has 4 aromatic rings. The van der Waals surface area contributed by atoms with Gasteiger partial charge < -0.3 is 49.9 Å². The number of carbonyl (C=O) groups excluding carboxylic acids is 2. The van der Waals surface area contributed by atoms with E-state index in [0.717, 1.165) is 59.6 Å². The first-order chi connectivity index (χ1) is 30.4. The summed E-state index contributed by atoms with van der Waals surface area (Å²) in [6.45, 7) is 13.0. The molecule has 2 heterocycles. The smallest absolute Gasteiger partial charge is 0.326 e. The predicted octanol–water partition coefficient (Wildman–Crippen LogP) is 12.0. The number of likely N-dealkylation sites (N-methyl/N-ethyl adjacent to an activating group) is 2. The van der Waals surface area contributed by atoms with E-state index in [9.17, 15) is 18.7 Å². The van der Waals surface area contributed by atoms with Gasteiger partial charge in [0.25, 0.3) is 0 Å². The highest BCUT2D eigenvalue weighted by atomic mass is 79.9. The third kappa shape index (κ3) is 18.2. The molecule has 2 aliphatic heterocycles. The van der Waals surface area contributed by atoms with Gasteiger partial charge in [-0.05, 0) is 110 Å². The Labute approximate surface area is 410 Å². The number of benzene rings is 4. The average molecular weight is 1100 g/mol. The number of fused-ring (bicyclic) bond motifs is 2. The lowest BCUT2D eigenvalue weighted by Gasteiger charge is -2.33. The first kappa shape index (κ1) is 55.1. The zero-order valence-electron chi connectivity index (χ0n) is 37.3. The van der Waals surface area contributed by atoms with E-state index in [1.165, 1.54) is 0 Å². The quantitative estimate of drug-likeness (QED) is 0.0454. The lowest BCUT2D eigenvalue weighted by atomic mass is 9.85. The highest BCUT2D eigenvalue weighted by Crippen LogP contribution is 2.47. The van der Waals surface area contributed by atoms with Crippen LogP contribution in [0.3, 0.4) is 0 Å². The molecule has 6 rings (SSSR count). The Morgan fingerprint density at radius 1 is 0.692 bits per heavy atom. The van der Waals surface area contributed by atoms with Crippen LogP contribution in [0.15, 0.2) is 72.8 Å². The van der Waals surface area contributed by atoms with Crippen LogP contribution in [0.5, 0.6) is 0 Å². The second-order valence-corrected chi connectivity index (χ2v) is 33.1. The van der Waals surface area contributed by atoms with E-state index >= 15 is 0 Å². The van der Waals surface area contributed by atoms with Gasteiger partial charge in [0, 0.05) is 69.5 Å². The standard InChI is InChI=1S/C22H28Cl2N3O4P.C18H20Cl2N3O4P.C3H9BrSi/c1-4-30-32(29,31-5-2)14-25-22(28)26-17-8-6-15(7-9-17)19-12-27(3)13-20-18(19)10-16(23)11-21(20)24;1-23-8-15(14-6-12(19)7-17(20)16(14)9-23)11-2-4-13(5-3-11)22-18(24)21-10-28(25,26)27;1-5(2,3)4/h6-11,19H,4-5,12-14H2,1-3H3,(H2,25,26,28);2-7,15H,8-10H2,1H3,(H2,21,22,24)(H2,25,26,27);1-3H3. The van der Waals surface area contributed by atoms with Gasteiger partial charge in [0.05, 0.1) is 13.2 Å².